The average Bonchev–Trinajstić information content (AvgIpc) is 3.72. The van der Waals surface area contributed by atoms with Gasteiger partial charge >= 0.3 is 0 Å². The van der Waals surface area contributed by atoms with E-state index in [1.807, 2.05) is 0 Å². The van der Waals surface area contributed by atoms with E-state index < -0.39 is 0 Å². The first-order chi connectivity index (χ1) is 35.2. The van der Waals surface area contributed by atoms with Gasteiger partial charge in [-0.1, -0.05) is 261 Å². The fourth-order valence-corrected chi connectivity index (χ4v) is 11.8. The summed E-state index contributed by atoms with van der Waals surface area (Å²) in [5, 5.41) is 4.87. The van der Waals surface area contributed by atoms with Gasteiger partial charge in [0.1, 0.15) is 0 Å². The Hall–Kier alpha value is -9.04. The minimum absolute atomic E-state index is 0.341. The van der Waals surface area contributed by atoms with E-state index in [1.54, 1.807) is 0 Å². The van der Waals surface area contributed by atoms with Crippen molar-refractivity contribution in [2.24, 2.45) is 0 Å². The van der Waals surface area contributed by atoms with Gasteiger partial charge in [0.2, 0.25) is 0 Å². The molecule has 0 fully saturated rings. The lowest BCUT2D eigenvalue weighted by Gasteiger charge is -2.32. The molecule has 13 rings (SSSR count). The normalized spacial score (nSPS) is 13.8. The van der Waals surface area contributed by atoms with Crippen molar-refractivity contribution in [3.8, 4) is 66.8 Å². The van der Waals surface area contributed by atoms with E-state index in [2.05, 4.69) is 291 Å². The molecule has 1 atom stereocenters. The van der Waals surface area contributed by atoms with E-state index in [0.717, 1.165) is 33.8 Å². The van der Waals surface area contributed by atoms with E-state index in [4.69, 9.17) is 0 Å². The lowest BCUT2D eigenvalue weighted by Crippen LogP contribution is -2.22. The number of hydrogen-bond donors (Lipinski definition) is 0. The van der Waals surface area contributed by atoms with Crippen LogP contribution >= 0.6 is 0 Å². The third-order valence-electron chi connectivity index (χ3n) is 15.0. The Morgan fingerprint density at radius 1 is 0.254 bits per heavy atom. The fraction of sp³-hybridized carbons (Fsp3) is 0.0286. The largest absolute Gasteiger partial charge is 0.309 e. The van der Waals surface area contributed by atoms with Crippen LogP contribution in [-0.2, 0) is 5.41 Å². The summed E-state index contributed by atoms with van der Waals surface area (Å²) in [7, 11) is 0. The van der Waals surface area contributed by atoms with Crippen molar-refractivity contribution in [3.05, 3.63) is 296 Å². The molecule has 12 aromatic carbocycles. The highest BCUT2D eigenvalue weighted by Gasteiger charge is 2.42. The summed E-state index contributed by atoms with van der Waals surface area (Å²) in [4.78, 5) is 2.56. The Labute approximate surface area is 416 Å². The number of fused-ring (bicyclic) bond motifs is 5. The summed E-state index contributed by atoms with van der Waals surface area (Å²) in [6.45, 7) is 2.41. The van der Waals surface area contributed by atoms with Gasteiger partial charge in [0, 0.05) is 22.1 Å². The minimum Gasteiger partial charge on any atom is -0.309 e. The number of rotatable bonds is 9. The van der Waals surface area contributed by atoms with Crippen LogP contribution in [0.5, 0.6) is 0 Å². The number of para-hydroxylation sites is 3. The second-order valence-electron chi connectivity index (χ2n) is 18.8. The molecule has 334 valence electrons. The van der Waals surface area contributed by atoms with Gasteiger partial charge in [-0.25, -0.2) is 0 Å². The molecule has 1 aliphatic carbocycles. The Morgan fingerprint density at radius 2 is 0.592 bits per heavy atom. The van der Waals surface area contributed by atoms with Crippen molar-refractivity contribution < 1.29 is 0 Å². The molecule has 0 bridgehead atoms. The van der Waals surface area contributed by atoms with Crippen LogP contribution in [0, 0.1) is 0 Å². The molecule has 0 amide bonds. The average molecular weight is 904 g/mol. The van der Waals surface area contributed by atoms with Crippen molar-refractivity contribution in [1.29, 1.82) is 0 Å². The summed E-state index contributed by atoms with van der Waals surface area (Å²) in [6.07, 6.45) is 0. The van der Waals surface area contributed by atoms with Gasteiger partial charge < -0.3 is 4.90 Å². The van der Waals surface area contributed by atoms with Crippen LogP contribution in [0.3, 0.4) is 0 Å². The highest BCUT2D eigenvalue weighted by molar-refractivity contribution is 6.12. The highest BCUT2D eigenvalue weighted by atomic mass is 15.1. The summed E-state index contributed by atoms with van der Waals surface area (Å²) < 4.78 is 0. The van der Waals surface area contributed by atoms with Crippen molar-refractivity contribution in [1.82, 2.24) is 0 Å². The zero-order valence-corrected chi connectivity index (χ0v) is 39.5. The maximum atomic E-state index is 2.56. The van der Waals surface area contributed by atoms with Crippen LogP contribution in [-0.4, -0.2) is 0 Å². The lowest BCUT2D eigenvalue weighted by atomic mass is 9.74. The highest BCUT2D eigenvalue weighted by Crippen LogP contribution is 2.57. The molecule has 1 nitrogen and oxygen atoms in total. The Balaban J connectivity index is 1.11. The topological polar surface area (TPSA) is 3.24 Å². The first kappa shape index (κ1) is 42.1. The molecule has 0 saturated carbocycles. The molecule has 1 heteroatoms. The third kappa shape index (κ3) is 6.92. The van der Waals surface area contributed by atoms with Gasteiger partial charge in [-0.05, 0) is 113 Å². The smallest absolute Gasteiger partial charge is 0.0540 e. The van der Waals surface area contributed by atoms with Gasteiger partial charge in [0.25, 0.3) is 0 Å². The summed E-state index contributed by atoms with van der Waals surface area (Å²) >= 11 is 0. The molecule has 0 radical (unpaired) electrons. The van der Waals surface area contributed by atoms with Crippen molar-refractivity contribution in [2.75, 3.05) is 4.90 Å². The minimum atomic E-state index is -0.341. The fourth-order valence-electron chi connectivity index (χ4n) is 11.8. The zero-order valence-electron chi connectivity index (χ0n) is 39.5. The zero-order chi connectivity index (χ0) is 47.3. The first-order valence-corrected chi connectivity index (χ1v) is 24.7. The van der Waals surface area contributed by atoms with E-state index >= 15 is 0 Å². The third-order valence-corrected chi connectivity index (χ3v) is 15.0. The second kappa shape index (κ2) is 17.5. The summed E-state index contributed by atoms with van der Waals surface area (Å²) in [5.41, 5.74) is 21.3. The molecule has 1 aliphatic rings. The van der Waals surface area contributed by atoms with E-state index in [9.17, 15) is 0 Å². The van der Waals surface area contributed by atoms with Crippen LogP contribution in [0.25, 0.3) is 88.3 Å². The van der Waals surface area contributed by atoms with E-state index in [-0.39, 0.29) is 5.41 Å². The van der Waals surface area contributed by atoms with Gasteiger partial charge in [0.15, 0.2) is 0 Å². The van der Waals surface area contributed by atoms with Crippen molar-refractivity contribution >= 4 is 38.6 Å². The number of benzene rings is 12. The molecule has 0 saturated heterocycles. The van der Waals surface area contributed by atoms with Crippen molar-refractivity contribution in [3.63, 3.8) is 0 Å². The van der Waals surface area contributed by atoms with Gasteiger partial charge in [-0.15, -0.1) is 0 Å². The van der Waals surface area contributed by atoms with Crippen LogP contribution in [0.15, 0.2) is 279 Å². The SMILES string of the molecule is CC1(c2ccccc2)c2ccccc2-c2c(-c3ccccc3N(c3ccccc3-c3cccc4cccc(-c5ccccc5)c34)c3ccccc3-c3cccc4cccc(-c5ccccc5)c34)cccc21. The quantitative estimate of drug-likeness (QED) is 0.139. The Morgan fingerprint density at radius 3 is 1.08 bits per heavy atom. The second-order valence-corrected chi connectivity index (χ2v) is 18.8. The molecule has 71 heavy (non-hydrogen) atoms. The van der Waals surface area contributed by atoms with Gasteiger partial charge in [0.05, 0.1) is 17.1 Å². The van der Waals surface area contributed by atoms with Gasteiger partial charge in [-0.3, -0.25) is 0 Å². The molecule has 0 heterocycles. The predicted octanol–water partition coefficient (Wildman–Crippen LogP) is 19.1. The standard InChI is InChI=1S/C70H49N/c1-70(52-32-9-4-10-33-52)62-43-15-11-37-61(62)69-60(42-23-44-63(69)70)57-36-14-18-47-66(57)71(64-45-16-12-34-55(64)58-40-21-30-50-28-19-38-53(67(50)58)48-24-5-2-6-25-48)65-46-17-13-35-56(65)59-41-22-31-51-29-20-39-54(68(51)59)49-26-7-3-8-27-49/h2-47H,1H3. The monoisotopic (exact) mass is 903 g/mol. The van der Waals surface area contributed by atoms with Crippen LogP contribution < -0.4 is 4.90 Å². The first-order valence-electron chi connectivity index (χ1n) is 24.7. The number of nitrogens with zero attached hydrogens (tertiary/aromatic N) is 1. The Bertz CT molecular complexity index is 3770. The molecular formula is C70H49N. The van der Waals surface area contributed by atoms with Crippen LogP contribution in [0.2, 0.25) is 0 Å². The van der Waals surface area contributed by atoms with Crippen LogP contribution in [0.1, 0.15) is 23.6 Å². The number of anilines is 3. The van der Waals surface area contributed by atoms with Crippen LogP contribution in [0.4, 0.5) is 17.1 Å². The lowest BCUT2D eigenvalue weighted by molar-refractivity contribution is 0.714. The molecule has 0 spiro atoms. The summed E-state index contributed by atoms with van der Waals surface area (Å²) in [6, 6.07) is 103. The predicted molar refractivity (Wildman–Crippen MR) is 301 cm³/mol. The molecule has 0 aromatic heterocycles. The molecule has 0 aliphatic heterocycles. The van der Waals surface area contributed by atoms with E-state index in [0.29, 0.717) is 0 Å². The number of hydrogen-bond acceptors (Lipinski definition) is 1. The Kier molecular flexibility index (Phi) is 10.4. The molecule has 1 unspecified atom stereocenters. The molecule has 0 N–H and O–H groups in total. The molecular weight excluding hydrogens is 855 g/mol. The van der Waals surface area contributed by atoms with Gasteiger partial charge in [-0.2, -0.15) is 0 Å². The van der Waals surface area contributed by atoms with E-state index in [1.165, 1.54) is 88.3 Å². The molecule has 12 aromatic rings. The maximum absolute atomic E-state index is 2.56. The maximum Gasteiger partial charge on any atom is 0.0540 e. The van der Waals surface area contributed by atoms with Crippen molar-refractivity contribution in [2.45, 2.75) is 12.3 Å². The summed E-state index contributed by atoms with van der Waals surface area (Å²) in [5.74, 6) is 0.